The molecule has 0 fully saturated rings. The maximum Gasteiger partial charge on any atom is 0.423 e. The Morgan fingerprint density at radius 2 is 1.17 bits per heavy atom. The van der Waals surface area contributed by atoms with E-state index in [9.17, 15) is 9.59 Å². The molecular weight excluding hydrogens is 769 g/mol. The Hall–Kier alpha value is -4.38. The van der Waals surface area contributed by atoms with Gasteiger partial charge in [0.25, 0.3) is 5.17 Å². The minimum absolute atomic E-state index is 0.0816. The van der Waals surface area contributed by atoms with Crippen molar-refractivity contribution >= 4 is 35.3 Å². The van der Waals surface area contributed by atoms with Gasteiger partial charge in [0.2, 0.25) is 0 Å². The standard InChI is InChI=1S/C43H60N2O12S/c1-10-35-36(31-11-15-33(16-12-31)54-28-27-53-26-25-52-24-23-51-22-21-50-20-19-37(46)49-9)29-44-39(38(35)32-13-17-34(18-14-32)55-30-48-8)45(40(47)56-42(2,3)4)41(58)57-43(5,6)7/h11-18,29H,10,19-28,30H2,1-9H3. The predicted octanol–water partition coefficient (Wildman–Crippen LogP) is 7.81. The van der Waals surface area contributed by atoms with Crippen molar-refractivity contribution in [1.82, 2.24) is 4.98 Å². The van der Waals surface area contributed by atoms with Crippen molar-refractivity contribution in [3.8, 4) is 33.8 Å². The van der Waals surface area contributed by atoms with Gasteiger partial charge in [0.15, 0.2) is 12.6 Å². The second-order valence-corrected chi connectivity index (χ2v) is 15.1. The maximum atomic E-state index is 13.9. The Balaban J connectivity index is 1.70. The van der Waals surface area contributed by atoms with E-state index in [2.05, 4.69) is 11.7 Å². The van der Waals surface area contributed by atoms with Crippen LogP contribution in [-0.2, 0) is 49.1 Å². The highest BCUT2D eigenvalue weighted by molar-refractivity contribution is 7.80. The lowest BCUT2D eigenvalue weighted by Crippen LogP contribution is -2.44. The molecule has 0 bridgehead atoms. The normalized spacial score (nSPS) is 11.5. The number of hydrogen-bond acceptors (Lipinski definition) is 14. The number of pyridine rings is 1. The van der Waals surface area contributed by atoms with Crippen molar-refractivity contribution in [2.24, 2.45) is 0 Å². The molecule has 0 radical (unpaired) electrons. The highest BCUT2D eigenvalue weighted by Gasteiger charge is 2.34. The van der Waals surface area contributed by atoms with E-state index in [-0.39, 0.29) is 30.2 Å². The molecule has 1 aromatic heterocycles. The molecule has 3 rings (SSSR count). The van der Waals surface area contributed by atoms with Crippen LogP contribution in [-0.4, -0.2) is 114 Å². The van der Waals surface area contributed by atoms with E-state index in [1.807, 2.05) is 69.3 Å². The molecule has 3 aromatic rings. The van der Waals surface area contributed by atoms with Crippen molar-refractivity contribution < 1.29 is 57.0 Å². The zero-order valence-electron chi connectivity index (χ0n) is 35.4. The van der Waals surface area contributed by atoms with Crippen LogP contribution in [0.25, 0.3) is 22.3 Å². The van der Waals surface area contributed by atoms with Crippen LogP contribution in [0.1, 0.15) is 60.5 Å². The second-order valence-electron chi connectivity index (χ2n) is 14.7. The Morgan fingerprint density at radius 1 is 0.672 bits per heavy atom. The molecule has 0 saturated carbocycles. The van der Waals surface area contributed by atoms with Crippen LogP contribution in [0.15, 0.2) is 54.7 Å². The second kappa shape index (κ2) is 24.5. The number of carbonyl (C=O) groups is 2. The van der Waals surface area contributed by atoms with E-state index in [1.54, 1.807) is 34.1 Å². The van der Waals surface area contributed by atoms with Crippen LogP contribution in [0.2, 0.25) is 0 Å². The van der Waals surface area contributed by atoms with E-state index in [4.69, 9.17) is 59.8 Å². The molecule has 0 aliphatic carbocycles. The lowest BCUT2D eigenvalue weighted by atomic mass is 9.91. The van der Waals surface area contributed by atoms with Gasteiger partial charge in [-0.15, -0.1) is 0 Å². The SMILES string of the molecule is CCc1c(-c2ccc(OCCOCCOCCOCCOCCC(=O)OC)cc2)cnc(N(C(=O)OC(C)(C)C)C(=S)OC(C)(C)C)c1-c1ccc(OCOC)cc1. The number of carbonyl (C=O) groups excluding carboxylic acids is 2. The van der Waals surface area contributed by atoms with Crippen LogP contribution < -0.4 is 14.4 Å². The molecule has 15 heteroatoms. The summed E-state index contributed by atoms with van der Waals surface area (Å²) in [6, 6.07) is 15.2. The number of esters is 1. The van der Waals surface area contributed by atoms with Gasteiger partial charge in [0, 0.05) is 24.4 Å². The summed E-state index contributed by atoms with van der Waals surface area (Å²) in [4.78, 5) is 31.1. The number of hydrogen-bond donors (Lipinski definition) is 0. The molecule has 0 saturated heterocycles. The number of thiocarbonyl (C=S) groups is 1. The summed E-state index contributed by atoms with van der Waals surface area (Å²) in [6.45, 7) is 16.7. The van der Waals surface area contributed by atoms with Gasteiger partial charge >= 0.3 is 12.1 Å². The zero-order chi connectivity index (χ0) is 42.6. The summed E-state index contributed by atoms with van der Waals surface area (Å²) in [5.74, 6) is 1.29. The first kappa shape index (κ1) is 48.0. The van der Waals surface area contributed by atoms with Crippen molar-refractivity contribution in [2.75, 3.05) is 85.4 Å². The quantitative estimate of drug-likeness (QED) is 0.0397. The number of aromatic nitrogens is 1. The van der Waals surface area contributed by atoms with Crippen molar-refractivity contribution in [1.29, 1.82) is 0 Å². The summed E-state index contributed by atoms with van der Waals surface area (Å²) in [5.41, 5.74) is 2.68. The zero-order valence-corrected chi connectivity index (χ0v) is 36.2. The third kappa shape index (κ3) is 16.8. The number of ether oxygens (including phenoxy) is 10. The molecule has 0 N–H and O–H groups in total. The molecule has 2 aromatic carbocycles. The fourth-order valence-corrected chi connectivity index (χ4v) is 5.71. The number of anilines is 1. The topological polar surface area (TPSA) is 143 Å². The molecule has 58 heavy (non-hydrogen) atoms. The number of benzene rings is 2. The van der Waals surface area contributed by atoms with Crippen molar-refractivity contribution in [3.05, 3.63) is 60.3 Å². The molecule has 1 amide bonds. The molecular formula is C43H60N2O12S. The maximum absolute atomic E-state index is 13.9. The van der Waals surface area contributed by atoms with Gasteiger partial charge in [0.05, 0.1) is 66.4 Å². The summed E-state index contributed by atoms with van der Waals surface area (Å²) in [5, 5.41) is -0.0816. The monoisotopic (exact) mass is 828 g/mol. The Labute approximate surface area is 348 Å². The Morgan fingerprint density at radius 3 is 1.67 bits per heavy atom. The van der Waals surface area contributed by atoms with E-state index < -0.39 is 17.3 Å². The van der Waals surface area contributed by atoms with Crippen LogP contribution in [0.3, 0.4) is 0 Å². The molecule has 0 aliphatic heterocycles. The summed E-state index contributed by atoms with van der Waals surface area (Å²) in [6.07, 6.45) is 1.85. The first-order chi connectivity index (χ1) is 27.7. The van der Waals surface area contributed by atoms with E-state index in [0.717, 1.165) is 22.3 Å². The molecule has 14 nitrogen and oxygen atoms in total. The third-order valence-electron chi connectivity index (χ3n) is 7.83. The van der Waals surface area contributed by atoms with E-state index in [1.165, 1.54) is 12.0 Å². The minimum atomic E-state index is -0.811. The van der Waals surface area contributed by atoms with Gasteiger partial charge in [-0.1, -0.05) is 31.2 Å². The van der Waals surface area contributed by atoms with Gasteiger partial charge < -0.3 is 47.4 Å². The van der Waals surface area contributed by atoms with E-state index in [0.29, 0.717) is 82.9 Å². The number of methoxy groups -OCH3 is 2. The molecule has 0 aliphatic rings. The average Bonchev–Trinajstić information content (AvgIpc) is 3.17. The number of amides is 1. The van der Waals surface area contributed by atoms with Crippen molar-refractivity contribution in [3.63, 3.8) is 0 Å². The van der Waals surface area contributed by atoms with Gasteiger partial charge in [-0.3, -0.25) is 4.79 Å². The molecule has 320 valence electrons. The lowest BCUT2D eigenvalue weighted by Gasteiger charge is -2.31. The van der Waals surface area contributed by atoms with Crippen molar-refractivity contribution in [2.45, 2.75) is 72.5 Å². The highest BCUT2D eigenvalue weighted by atomic mass is 32.1. The molecule has 0 unspecified atom stereocenters. The van der Waals surface area contributed by atoms with Crippen LogP contribution in [0.4, 0.5) is 10.6 Å². The smallest absolute Gasteiger partial charge is 0.423 e. The predicted molar refractivity (Wildman–Crippen MR) is 225 cm³/mol. The van der Waals surface area contributed by atoms with Gasteiger partial charge in [0.1, 0.15) is 29.3 Å². The van der Waals surface area contributed by atoms with Crippen LogP contribution >= 0.6 is 12.2 Å². The third-order valence-corrected chi connectivity index (χ3v) is 8.09. The summed E-state index contributed by atoms with van der Waals surface area (Å²) < 4.78 is 55.1. The van der Waals surface area contributed by atoms with Gasteiger partial charge in [-0.2, -0.15) is 4.90 Å². The first-order valence-corrected chi connectivity index (χ1v) is 19.7. The van der Waals surface area contributed by atoms with Crippen LogP contribution in [0.5, 0.6) is 11.5 Å². The molecule has 1 heterocycles. The fraction of sp³-hybridized carbons (Fsp3) is 0.535. The molecule has 0 spiro atoms. The minimum Gasteiger partial charge on any atom is -0.491 e. The molecule has 0 atom stereocenters. The fourth-order valence-electron chi connectivity index (χ4n) is 5.30. The Kier molecular flexibility index (Phi) is 20.3. The Bertz CT molecular complexity index is 1680. The number of rotatable bonds is 23. The van der Waals surface area contributed by atoms with Crippen LogP contribution in [0, 0.1) is 0 Å². The first-order valence-electron chi connectivity index (χ1n) is 19.3. The van der Waals surface area contributed by atoms with Gasteiger partial charge in [-0.05, 0) is 101 Å². The average molecular weight is 829 g/mol. The van der Waals surface area contributed by atoms with E-state index >= 15 is 0 Å². The number of nitrogens with zero attached hydrogens (tertiary/aromatic N) is 2. The highest BCUT2D eigenvalue weighted by Crippen LogP contribution is 2.40. The summed E-state index contributed by atoms with van der Waals surface area (Å²) in [7, 11) is 2.91. The summed E-state index contributed by atoms with van der Waals surface area (Å²) >= 11 is 5.76. The lowest BCUT2D eigenvalue weighted by molar-refractivity contribution is -0.141. The largest absolute Gasteiger partial charge is 0.491 e. The van der Waals surface area contributed by atoms with Gasteiger partial charge in [-0.25, -0.2) is 9.78 Å².